The first-order valence-electron chi connectivity index (χ1n) is 11.0. The first-order valence-corrected chi connectivity index (χ1v) is 11.0. The van der Waals surface area contributed by atoms with Crippen molar-refractivity contribution in [1.82, 2.24) is 19.4 Å². The molecule has 2 aromatic heterocycles. The maximum atomic E-state index is 13.3. The van der Waals surface area contributed by atoms with Crippen LogP contribution in [0.15, 0.2) is 73.2 Å². The van der Waals surface area contributed by atoms with Crippen LogP contribution in [0.3, 0.4) is 0 Å². The number of nitrogens with one attached hydrogen (secondary N) is 1. The minimum absolute atomic E-state index is 0.0992. The van der Waals surface area contributed by atoms with E-state index in [0.29, 0.717) is 36.4 Å². The Labute approximate surface area is 193 Å². The topological polar surface area (TPSA) is 80.1 Å². The number of hydrogen-bond donors (Lipinski definition) is 1. The summed E-state index contributed by atoms with van der Waals surface area (Å²) in [4.78, 5) is 36.0. The molecule has 1 N–H and O–H groups in total. The van der Waals surface area contributed by atoms with Gasteiger partial charge in [-0.25, -0.2) is 4.98 Å². The van der Waals surface area contributed by atoms with E-state index in [2.05, 4.69) is 15.3 Å². The molecule has 2 aromatic carbocycles. The predicted octanol–water partition coefficient (Wildman–Crippen LogP) is 4.29. The highest BCUT2D eigenvalue weighted by Gasteiger charge is 2.19. The molecule has 7 heteroatoms. The SMILES string of the molecule is CCN(Cc1ccccc1)C(=O)c1cc(NC(C)=O)c2c(c1)ncn2CCc1ccccn1. The van der Waals surface area contributed by atoms with E-state index >= 15 is 0 Å². The third-order valence-electron chi connectivity index (χ3n) is 5.49. The van der Waals surface area contributed by atoms with Crippen LogP contribution in [0.2, 0.25) is 0 Å². The molecule has 4 rings (SSSR count). The molecule has 0 aliphatic rings. The lowest BCUT2D eigenvalue weighted by Crippen LogP contribution is -2.30. The number of amides is 2. The van der Waals surface area contributed by atoms with Crippen LogP contribution in [0.25, 0.3) is 11.0 Å². The molecule has 0 saturated heterocycles. The quantitative estimate of drug-likeness (QED) is 0.442. The summed E-state index contributed by atoms with van der Waals surface area (Å²) in [6.45, 7) is 5.16. The molecule has 0 bridgehead atoms. The number of fused-ring (bicyclic) bond motifs is 1. The largest absolute Gasteiger partial charge is 0.335 e. The molecule has 0 aliphatic carbocycles. The number of aryl methyl sites for hydroxylation is 2. The third-order valence-corrected chi connectivity index (χ3v) is 5.49. The number of anilines is 1. The molecule has 4 aromatic rings. The van der Waals surface area contributed by atoms with Crippen LogP contribution >= 0.6 is 0 Å². The van der Waals surface area contributed by atoms with Crippen LogP contribution in [-0.2, 0) is 24.3 Å². The molecule has 7 nitrogen and oxygen atoms in total. The fourth-order valence-electron chi connectivity index (χ4n) is 3.88. The molecule has 0 radical (unpaired) electrons. The summed E-state index contributed by atoms with van der Waals surface area (Å²) < 4.78 is 1.99. The Kier molecular flexibility index (Phi) is 6.78. The van der Waals surface area contributed by atoms with Crippen LogP contribution in [0.4, 0.5) is 5.69 Å². The van der Waals surface area contributed by atoms with Gasteiger partial charge in [-0.3, -0.25) is 14.6 Å². The Morgan fingerprint density at radius 2 is 1.82 bits per heavy atom. The van der Waals surface area contributed by atoms with E-state index in [9.17, 15) is 9.59 Å². The zero-order chi connectivity index (χ0) is 23.2. The van der Waals surface area contributed by atoms with E-state index in [1.165, 1.54) is 6.92 Å². The van der Waals surface area contributed by atoms with Gasteiger partial charge in [-0.05, 0) is 36.8 Å². The molecule has 0 unspecified atom stereocenters. The molecule has 2 heterocycles. The minimum atomic E-state index is -0.199. The van der Waals surface area contributed by atoms with E-state index in [1.54, 1.807) is 29.6 Å². The Balaban J connectivity index is 1.65. The number of hydrogen-bond acceptors (Lipinski definition) is 4. The third kappa shape index (κ3) is 5.26. The number of carbonyl (C=O) groups is 2. The monoisotopic (exact) mass is 441 g/mol. The lowest BCUT2D eigenvalue weighted by Gasteiger charge is -2.22. The van der Waals surface area contributed by atoms with Gasteiger partial charge < -0.3 is 14.8 Å². The molecule has 0 atom stereocenters. The fourth-order valence-corrected chi connectivity index (χ4v) is 3.88. The van der Waals surface area contributed by atoms with Crippen molar-refractivity contribution in [3.8, 4) is 0 Å². The molecule has 0 fully saturated rings. The van der Waals surface area contributed by atoms with E-state index in [4.69, 9.17) is 0 Å². The van der Waals surface area contributed by atoms with Gasteiger partial charge >= 0.3 is 0 Å². The Bertz CT molecular complexity index is 1250. The highest BCUT2D eigenvalue weighted by molar-refractivity contribution is 6.05. The number of imidazole rings is 1. The molecule has 0 spiro atoms. The number of pyridine rings is 1. The predicted molar refractivity (Wildman–Crippen MR) is 129 cm³/mol. The van der Waals surface area contributed by atoms with Crippen molar-refractivity contribution in [1.29, 1.82) is 0 Å². The molecule has 33 heavy (non-hydrogen) atoms. The summed E-state index contributed by atoms with van der Waals surface area (Å²) in [7, 11) is 0. The Hall–Kier alpha value is -4.00. The maximum Gasteiger partial charge on any atom is 0.254 e. The highest BCUT2D eigenvalue weighted by atomic mass is 16.2. The van der Waals surface area contributed by atoms with Crippen LogP contribution in [0.5, 0.6) is 0 Å². The first kappa shape index (κ1) is 22.2. The van der Waals surface area contributed by atoms with Gasteiger partial charge in [0.1, 0.15) is 0 Å². The summed E-state index contributed by atoms with van der Waals surface area (Å²) in [5, 5.41) is 2.89. The second-order valence-corrected chi connectivity index (χ2v) is 7.89. The zero-order valence-corrected chi connectivity index (χ0v) is 18.9. The smallest absolute Gasteiger partial charge is 0.254 e. The average molecular weight is 442 g/mol. The van der Waals surface area contributed by atoms with Crippen molar-refractivity contribution in [2.45, 2.75) is 33.4 Å². The molecule has 0 aliphatic heterocycles. The standard InChI is InChI=1S/C26H27N5O2/c1-3-30(17-20-9-5-4-6-10-20)26(33)21-15-23-25(24(16-21)29-19(2)32)31(18-28-23)14-12-22-11-7-8-13-27-22/h4-11,13,15-16,18H,3,12,14,17H2,1-2H3,(H,29,32). The van der Waals surface area contributed by atoms with Crippen LogP contribution in [-0.4, -0.2) is 37.8 Å². The number of benzene rings is 2. The molecule has 2 amide bonds. The van der Waals surface area contributed by atoms with Gasteiger partial charge in [0.05, 0.1) is 23.0 Å². The van der Waals surface area contributed by atoms with Gasteiger partial charge in [0.15, 0.2) is 0 Å². The fraction of sp³-hybridized carbons (Fsp3) is 0.231. The minimum Gasteiger partial charge on any atom is -0.335 e. The van der Waals surface area contributed by atoms with Crippen molar-refractivity contribution < 1.29 is 9.59 Å². The zero-order valence-electron chi connectivity index (χ0n) is 18.9. The lowest BCUT2D eigenvalue weighted by molar-refractivity contribution is -0.114. The van der Waals surface area contributed by atoms with E-state index < -0.39 is 0 Å². The van der Waals surface area contributed by atoms with Crippen LogP contribution in [0.1, 0.15) is 35.5 Å². The summed E-state index contributed by atoms with van der Waals surface area (Å²) in [5.41, 5.74) is 4.59. The van der Waals surface area contributed by atoms with Gasteiger partial charge in [-0.2, -0.15) is 0 Å². The average Bonchev–Trinajstić information content (AvgIpc) is 3.25. The van der Waals surface area contributed by atoms with Gasteiger partial charge in [0.25, 0.3) is 5.91 Å². The number of carbonyl (C=O) groups excluding carboxylic acids is 2. The first-order chi connectivity index (χ1) is 16.0. The van der Waals surface area contributed by atoms with Crippen molar-refractivity contribution in [3.05, 3.63) is 90.0 Å². The van der Waals surface area contributed by atoms with Gasteiger partial charge in [-0.1, -0.05) is 36.4 Å². The Morgan fingerprint density at radius 3 is 2.52 bits per heavy atom. The maximum absolute atomic E-state index is 13.3. The van der Waals surface area contributed by atoms with Gasteiger partial charge in [-0.15, -0.1) is 0 Å². The Morgan fingerprint density at radius 1 is 1.03 bits per heavy atom. The van der Waals surface area contributed by atoms with E-state index in [0.717, 1.165) is 23.2 Å². The molecular weight excluding hydrogens is 414 g/mol. The van der Waals surface area contributed by atoms with Gasteiger partial charge in [0, 0.05) is 50.4 Å². The number of rotatable bonds is 8. The van der Waals surface area contributed by atoms with Crippen LogP contribution in [0, 0.1) is 0 Å². The van der Waals surface area contributed by atoms with E-state index in [1.807, 2.05) is 60.0 Å². The lowest BCUT2D eigenvalue weighted by atomic mass is 10.1. The van der Waals surface area contributed by atoms with Crippen molar-refractivity contribution >= 4 is 28.5 Å². The van der Waals surface area contributed by atoms with Crippen molar-refractivity contribution in [3.63, 3.8) is 0 Å². The second kappa shape index (κ2) is 10.1. The van der Waals surface area contributed by atoms with E-state index in [-0.39, 0.29) is 11.8 Å². The summed E-state index contributed by atoms with van der Waals surface area (Å²) in [6.07, 6.45) is 4.25. The van der Waals surface area contributed by atoms with Crippen molar-refractivity contribution in [2.24, 2.45) is 0 Å². The number of nitrogens with zero attached hydrogens (tertiary/aromatic N) is 4. The summed E-state index contributed by atoms with van der Waals surface area (Å²) >= 11 is 0. The molecule has 168 valence electrons. The van der Waals surface area contributed by atoms with Gasteiger partial charge in [0.2, 0.25) is 5.91 Å². The van der Waals surface area contributed by atoms with Crippen LogP contribution < -0.4 is 5.32 Å². The van der Waals surface area contributed by atoms with Crippen molar-refractivity contribution in [2.75, 3.05) is 11.9 Å². The normalized spacial score (nSPS) is 10.8. The molecule has 0 saturated carbocycles. The molecular formula is C26H27N5O2. The summed E-state index contributed by atoms with van der Waals surface area (Å²) in [5.74, 6) is -0.298. The summed E-state index contributed by atoms with van der Waals surface area (Å²) in [6, 6.07) is 19.3. The number of aromatic nitrogens is 3. The highest BCUT2D eigenvalue weighted by Crippen LogP contribution is 2.27. The second-order valence-electron chi connectivity index (χ2n) is 7.89.